The Bertz CT molecular complexity index is 889. The molecule has 1 unspecified atom stereocenters. The van der Waals surface area contributed by atoms with Crippen LogP contribution < -0.4 is 4.31 Å². The van der Waals surface area contributed by atoms with Crippen LogP contribution in [-0.4, -0.2) is 33.9 Å². The molecule has 0 fully saturated rings. The van der Waals surface area contributed by atoms with Crippen molar-refractivity contribution < 1.29 is 31.6 Å². The van der Waals surface area contributed by atoms with Gasteiger partial charge in [-0.2, -0.15) is 13.2 Å². The molecule has 0 aromatic heterocycles. The van der Waals surface area contributed by atoms with Crippen LogP contribution in [0.3, 0.4) is 0 Å². The predicted octanol–water partition coefficient (Wildman–Crippen LogP) is 4.18. The molecule has 152 valence electrons. The Morgan fingerprint density at radius 3 is 2.39 bits per heavy atom. The van der Waals surface area contributed by atoms with E-state index in [0.717, 1.165) is 15.4 Å². The van der Waals surface area contributed by atoms with Crippen molar-refractivity contribution in [2.24, 2.45) is 0 Å². The van der Waals surface area contributed by atoms with Gasteiger partial charge in [-0.05, 0) is 42.3 Å². The summed E-state index contributed by atoms with van der Waals surface area (Å²) in [6.07, 6.45) is -4.62. The number of anilines is 2. The van der Waals surface area contributed by atoms with Crippen LogP contribution in [0.5, 0.6) is 0 Å². The lowest BCUT2D eigenvalue weighted by Gasteiger charge is -2.25. The number of carbonyl (C=O) groups excluding carboxylic acids is 1. The molecule has 0 aliphatic carbocycles. The number of amides is 1. The van der Waals surface area contributed by atoms with Crippen molar-refractivity contribution >= 4 is 28.5 Å². The monoisotopic (exact) mass is 416 g/mol. The predicted molar refractivity (Wildman–Crippen MR) is 99.3 cm³/mol. The molecule has 0 aliphatic rings. The lowest BCUT2D eigenvalue weighted by Crippen LogP contribution is -2.26. The van der Waals surface area contributed by atoms with Crippen molar-refractivity contribution in [3.63, 3.8) is 0 Å². The molecule has 0 spiro atoms. The molecule has 10 heteroatoms. The molecule has 2 rings (SSSR count). The maximum Gasteiger partial charge on any atom is 0.416 e. The van der Waals surface area contributed by atoms with E-state index in [4.69, 9.17) is 4.84 Å². The molecular weight excluding hydrogens is 397 g/mol. The number of benzene rings is 2. The number of hydrogen-bond acceptors (Lipinski definition) is 3. The highest BCUT2D eigenvalue weighted by molar-refractivity contribution is 7.81. The molecule has 1 N–H and O–H groups in total. The number of hydrogen-bond donors (Lipinski definition) is 1. The Hall–Kier alpha value is -2.43. The minimum atomic E-state index is -4.61. The first-order chi connectivity index (χ1) is 13.1. The second-order valence-electron chi connectivity index (χ2n) is 5.72. The molecule has 2 aromatic carbocycles. The van der Waals surface area contributed by atoms with Gasteiger partial charge in [0.2, 0.25) is 0 Å². The van der Waals surface area contributed by atoms with Gasteiger partial charge in [-0.3, -0.25) is 14.2 Å². The minimum absolute atomic E-state index is 0.0102. The largest absolute Gasteiger partial charge is 0.416 e. The Balaban J connectivity index is 2.63. The lowest BCUT2D eigenvalue weighted by atomic mass is 10.0. The fourth-order valence-electron chi connectivity index (χ4n) is 2.75. The Labute approximate surface area is 162 Å². The van der Waals surface area contributed by atoms with E-state index in [2.05, 4.69) is 0 Å². The third kappa shape index (κ3) is 4.51. The summed E-state index contributed by atoms with van der Waals surface area (Å²) in [5, 5.41) is 0.959. The molecule has 1 atom stereocenters. The number of alkyl halides is 3. The lowest BCUT2D eigenvalue weighted by molar-refractivity contribution is -0.138. The normalized spacial score (nSPS) is 12.5. The number of carbonyl (C=O) groups is 1. The van der Waals surface area contributed by atoms with Crippen molar-refractivity contribution in [3.05, 3.63) is 59.2 Å². The van der Waals surface area contributed by atoms with Crippen molar-refractivity contribution in [2.75, 3.05) is 18.5 Å². The zero-order valence-electron chi connectivity index (χ0n) is 15.4. The van der Waals surface area contributed by atoms with Gasteiger partial charge < -0.3 is 0 Å². The van der Waals surface area contributed by atoms with E-state index in [-0.39, 0.29) is 28.9 Å². The van der Waals surface area contributed by atoms with Crippen molar-refractivity contribution in [3.8, 4) is 0 Å². The molecule has 0 heterocycles. The quantitative estimate of drug-likeness (QED) is 0.567. The van der Waals surface area contributed by atoms with Crippen LogP contribution in [-0.2, 0) is 28.7 Å². The zero-order chi connectivity index (χ0) is 21.1. The van der Waals surface area contributed by atoms with Gasteiger partial charge in [-0.1, -0.05) is 19.1 Å². The number of halogens is 3. The Kier molecular flexibility index (Phi) is 6.81. The first-order valence-corrected chi connectivity index (χ1v) is 9.20. The van der Waals surface area contributed by atoms with E-state index in [1.807, 2.05) is 0 Å². The molecule has 2 aromatic rings. The third-order valence-electron chi connectivity index (χ3n) is 4.07. The van der Waals surface area contributed by atoms with Gasteiger partial charge in [0.1, 0.15) is 0 Å². The minimum Gasteiger partial charge on any atom is -0.289 e. The summed E-state index contributed by atoms with van der Waals surface area (Å²) in [5.41, 5.74) is -0.840. The van der Waals surface area contributed by atoms with E-state index in [1.165, 1.54) is 57.5 Å². The van der Waals surface area contributed by atoms with E-state index < -0.39 is 28.9 Å². The van der Waals surface area contributed by atoms with Gasteiger partial charge in [-0.25, -0.2) is 13.6 Å². The zero-order valence-corrected chi connectivity index (χ0v) is 16.2. The van der Waals surface area contributed by atoms with Crippen LogP contribution in [0.25, 0.3) is 0 Å². The summed E-state index contributed by atoms with van der Waals surface area (Å²) in [7, 11) is 2.69. The Morgan fingerprint density at radius 1 is 1.21 bits per heavy atom. The van der Waals surface area contributed by atoms with Crippen molar-refractivity contribution in [1.29, 1.82) is 0 Å². The van der Waals surface area contributed by atoms with Gasteiger partial charge in [-0.15, -0.1) is 0 Å². The average molecular weight is 416 g/mol. The SMILES string of the molecule is CCc1c(N(c2cccc(C(=O)N(C)OC)c2)S(=O)O)cccc1C(F)(F)F. The van der Waals surface area contributed by atoms with Gasteiger partial charge in [0, 0.05) is 12.6 Å². The fraction of sp³-hybridized carbons (Fsp3) is 0.278. The molecule has 1 amide bonds. The summed E-state index contributed by atoms with van der Waals surface area (Å²) in [5.74, 6) is -0.521. The second kappa shape index (κ2) is 8.72. The molecule has 6 nitrogen and oxygen atoms in total. The van der Waals surface area contributed by atoms with Crippen molar-refractivity contribution in [2.45, 2.75) is 19.5 Å². The molecule has 28 heavy (non-hydrogen) atoms. The summed E-state index contributed by atoms with van der Waals surface area (Å²) in [6, 6.07) is 9.10. The molecule has 0 saturated heterocycles. The molecular formula is C18H19F3N2O4S. The topological polar surface area (TPSA) is 70.1 Å². The Morgan fingerprint density at radius 2 is 1.86 bits per heavy atom. The van der Waals surface area contributed by atoms with Crippen LogP contribution in [0.15, 0.2) is 42.5 Å². The maximum atomic E-state index is 13.4. The van der Waals surface area contributed by atoms with E-state index in [1.54, 1.807) is 0 Å². The van der Waals surface area contributed by atoms with Crippen LogP contribution in [0, 0.1) is 0 Å². The third-order valence-corrected chi connectivity index (χ3v) is 4.79. The number of hydroxylamine groups is 2. The van der Waals surface area contributed by atoms with Crippen LogP contribution in [0.2, 0.25) is 0 Å². The van der Waals surface area contributed by atoms with E-state index >= 15 is 0 Å². The second-order valence-corrected chi connectivity index (χ2v) is 6.54. The summed E-state index contributed by atoms with van der Waals surface area (Å²) >= 11 is -2.68. The van der Waals surface area contributed by atoms with Gasteiger partial charge in [0.25, 0.3) is 17.2 Å². The van der Waals surface area contributed by atoms with E-state index in [9.17, 15) is 26.7 Å². The molecule has 0 radical (unpaired) electrons. The smallest absolute Gasteiger partial charge is 0.289 e. The molecule has 0 bridgehead atoms. The van der Waals surface area contributed by atoms with Gasteiger partial charge in [0.05, 0.1) is 24.0 Å². The first kappa shape index (κ1) is 21.9. The molecule has 0 saturated carbocycles. The summed E-state index contributed by atoms with van der Waals surface area (Å²) < 4.78 is 62.8. The van der Waals surface area contributed by atoms with Crippen LogP contribution in [0.4, 0.5) is 24.5 Å². The summed E-state index contributed by atoms with van der Waals surface area (Å²) in [6.45, 7) is 1.53. The molecule has 0 aliphatic heterocycles. The fourth-order valence-corrected chi connectivity index (χ4v) is 3.38. The summed E-state index contributed by atoms with van der Waals surface area (Å²) in [4.78, 5) is 17.1. The number of nitrogens with zero attached hydrogens (tertiary/aromatic N) is 2. The van der Waals surface area contributed by atoms with Gasteiger partial charge >= 0.3 is 6.18 Å². The van der Waals surface area contributed by atoms with Gasteiger partial charge in [0.15, 0.2) is 0 Å². The van der Waals surface area contributed by atoms with Crippen molar-refractivity contribution in [1.82, 2.24) is 5.06 Å². The standard InChI is InChI=1S/C18H19F3N2O4S/c1-4-14-15(18(19,20)21)9-6-10-16(14)23(28(25)26)13-8-5-7-12(11-13)17(24)22(2)27-3/h5-11H,4H2,1-3H3,(H,25,26). The maximum absolute atomic E-state index is 13.4. The first-order valence-electron chi connectivity index (χ1n) is 8.14. The average Bonchev–Trinajstić information content (AvgIpc) is 2.66. The van der Waals surface area contributed by atoms with E-state index in [0.29, 0.717) is 0 Å². The van der Waals surface area contributed by atoms with Crippen LogP contribution >= 0.6 is 0 Å². The number of rotatable bonds is 6. The van der Waals surface area contributed by atoms with Crippen LogP contribution in [0.1, 0.15) is 28.4 Å². The highest BCUT2D eigenvalue weighted by atomic mass is 32.2. The highest BCUT2D eigenvalue weighted by Gasteiger charge is 2.35. The highest BCUT2D eigenvalue weighted by Crippen LogP contribution is 2.39.